The monoisotopic (exact) mass is 296 g/mol. The second kappa shape index (κ2) is 6.38. The normalized spacial score (nSPS) is 26.3. The lowest BCUT2D eigenvalue weighted by Crippen LogP contribution is -2.24. The zero-order valence-electron chi connectivity index (χ0n) is 12.1. The molecule has 0 bridgehead atoms. The number of nitrogens with zero attached hydrogens (tertiary/aromatic N) is 2. The summed E-state index contributed by atoms with van der Waals surface area (Å²) < 4.78 is 7.17. The van der Waals surface area contributed by atoms with E-state index in [0.717, 1.165) is 0 Å². The number of rotatable bonds is 4. The number of aryl methyl sites for hydroxylation is 1. The first kappa shape index (κ1) is 15.7. The molecule has 0 aliphatic carbocycles. The highest BCUT2D eigenvalue weighted by molar-refractivity contribution is 5.43. The van der Waals surface area contributed by atoms with Crippen molar-refractivity contribution < 1.29 is 20.1 Å². The van der Waals surface area contributed by atoms with Crippen molar-refractivity contribution in [2.45, 2.75) is 45.1 Å². The minimum absolute atomic E-state index is 0.0942. The summed E-state index contributed by atoms with van der Waals surface area (Å²) >= 11 is 0. The van der Waals surface area contributed by atoms with Gasteiger partial charge in [0.15, 0.2) is 0 Å². The first-order chi connectivity index (χ1) is 9.96. The summed E-state index contributed by atoms with van der Waals surface area (Å²) in [5, 5.41) is 28.6. The van der Waals surface area contributed by atoms with Crippen molar-refractivity contribution in [2.75, 3.05) is 6.61 Å². The summed E-state index contributed by atoms with van der Waals surface area (Å²) in [5.74, 6) is 0.359. The predicted molar refractivity (Wildman–Crippen MR) is 75.8 cm³/mol. The minimum Gasteiger partial charge on any atom is -0.512 e. The molecule has 1 aromatic heterocycles. The highest BCUT2D eigenvalue weighted by Crippen LogP contribution is 2.29. The van der Waals surface area contributed by atoms with Crippen LogP contribution >= 0.6 is 0 Å². The quantitative estimate of drug-likeness (QED) is 0.699. The van der Waals surface area contributed by atoms with E-state index in [4.69, 9.17) is 9.84 Å². The third kappa shape index (κ3) is 3.31. The third-order valence-corrected chi connectivity index (χ3v) is 3.50. The Balaban J connectivity index is 2.43. The highest BCUT2D eigenvalue weighted by Gasteiger charge is 2.35. The predicted octanol–water partition coefficient (Wildman–Crippen LogP) is 0.501. The van der Waals surface area contributed by atoms with Crippen molar-refractivity contribution in [3.63, 3.8) is 0 Å². The van der Waals surface area contributed by atoms with Crippen LogP contribution in [0.1, 0.15) is 37.4 Å². The first-order valence-electron chi connectivity index (χ1n) is 6.90. The van der Waals surface area contributed by atoms with Crippen LogP contribution in [0.3, 0.4) is 0 Å². The molecule has 1 aliphatic heterocycles. The molecule has 1 fully saturated rings. The fourth-order valence-electron chi connectivity index (χ4n) is 2.22. The van der Waals surface area contributed by atoms with Gasteiger partial charge in [0.05, 0.1) is 18.5 Å². The Labute approximate surface area is 122 Å². The number of aliphatic hydroxyl groups is 3. The molecule has 21 heavy (non-hydrogen) atoms. The van der Waals surface area contributed by atoms with Crippen LogP contribution in [-0.4, -0.2) is 43.7 Å². The lowest BCUT2D eigenvalue weighted by Gasteiger charge is -2.18. The average molecular weight is 296 g/mol. The molecule has 7 nitrogen and oxygen atoms in total. The summed E-state index contributed by atoms with van der Waals surface area (Å²) in [6.07, 6.45) is 1.70. The molecule has 0 saturated carbocycles. The SMILES string of the molecule is CC/C(O)=C/c1nc(=O)c(C)cn1[C@H]1C[C@H](O)[C@@H](CO)O1. The van der Waals surface area contributed by atoms with Crippen molar-refractivity contribution in [1.29, 1.82) is 0 Å². The van der Waals surface area contributed by atoms with Gasteiger partial charge in [-0.3, -0.25) is 4.79 Å². The summed E-state index contributed by atoms with van der Waals surface area (Å²) in [6, 6.07) is 0. The summed E-state index contributed by atoms with van der Waals surface area (Å²) in [6.45, 7) is 3.13. The van der Waals surface area contributed by atoms with Gasteiger partial charge in [-0.1, -0.05) is 6.92 Å². The Morgan fingerprint density at radius 1 is 1.62 bits per heavy atom. The second-order valence-electron chi connectivity index (χ2n) is 5.10. The zero-order chi connectivity index (χ0) is 15.6. The molecule has 2 heterocycles. The van der Waals surface area contributed by atoms with E-state index < -0.39 is 18.4 Å². The molecule has 0 radical (unpaired) electrons. The maximum Gasteiger partial charge on any atom is 0.276 e. The lowest BCUT2D eigenvalue weighted by atomic mass is 10.2. The molecule has 1 aromatic rings. The molecular formula is C14H20N2O5. The van der Waals surface area contributed by atoms with E-state index in [9.17, 15) is 15.0 Å². The van der Waals surface area contributed by atoms with Crippen LogP contribution in [0.2, 0.25) is 0 Å². The molecular weight excluding hydrogens is 276 g/mol. The Bertz CT molecular complexity index is 596. The van der Waals surface area contributed by atoms with Gasteiger partial charge in [0.2, 0.25) is 0 Å². The van der Waals surface area contributed by atoms with Crippen LogP contribution in [0.15, 0.2) is 16.8 Å². The van der Waals surface area contributed by atoms with Gasteiger partial charge < -0.3 is 24.6 Å². The highest BCUT2D eigenvalue weighted by atomic mass is 16.5. The van der Waals surface area contributed by atoms with E-state index in [0.29, 0.717) is 12.0 Å². The van der Waals surface area contributed by atoms with Crippen molar-refractivity contribution in [3.8, 4) is 0 Å². The minimum atomic E-state index is -0.781. The molecule has 2 rings (SSSR count). The van der Waals surface area contributed by atoms with Crippen molar-refractivity contribution >= 4 is 6.08 Å². The standard InChI is InChI=1S/C14H20N2O5/c1-3-9(18)4-12-15-14(20)8(2)6-16(12)13-5-10(19)11(7-17)21-13/h4,6,10-11,13,17-19H,3,5,7H2,1-2H3/b9-4-/t10-,11+,13+/m0/s1. The van der Waals surface area contributed by atoms with Gasteiger partial charge in [0.25, 0.3) is 5.56 Å². The van der Waals surface area contributed by atoms with Gasteiger partial charge in [-0.2, -0.15) is 4.98 Å². The Kier molecular flexibility index (Phi) is 4.76. The fraction of sp³-hybridized carbons (Fsp3) is 0.571. The molecule has 7 heteroatoms. The number of ether oxygens (including phenoxy) is 1. The topological polar surface area (TPSA) is 105 Å². The molecule has 0 aromatic carbocycles. The van der Waals surface area contributed by atoms with E-state index in [1.54, 1.807) is 24.6 Å². The number of aliphatic hydroxyl groups excluding tert-OH is 3. The Morgan fingerprint density at radius 3 is 2.90 bits per heavy atom. The lowest BCUT2D eigenvalue weighted by molar-refractivity contribution is -0.0451. The molecule has 1 saturated heterocycles. The van der Waals surface area contributed by atoms with Gasteiger partial charge in [0.1, 0.15) is 18.2 Å². The third-order valence-electron chi connectivity index (χ3n) is 3.50. The van der Waals surface area contributed by atoms with E-state index in [2.05, 4.69) is 4.98 Å². The van der Waals surface area contributed by atoms with Gasteiger partial charge in [0, 0.05) is 30.7 Å². The van der Waals surface area contributed by atoms with Gasteiger partial charge in [-0.25, -0.2) is 0 Å². The average Bonchev–Trinajstić information content (AvgIpc) is 2.83. The van der Waals surface area contributed by atoms with E-state index >= 15 is 0 Å². The zero-order valence-corrected chi connectivity index (χ0v) is 12.1. The van der Waals surface area contributed by atoms with Gasteiger partial charge in [-0.05, 0) is 6.92 Å². The largest absolute Gasteiger partial charge is 0.512 e. The van der Waals surface area contributed by atoms with Gasteiger partial charge in [-0.15, -0.1) is 0 Å². The second-order valence-corrected chi connectivity index (χ2v) is 5.10. The smallest absolute Gasteiger partial charge is 0.276 e. The maximum atomic E-state index is 11.7. The van der Waals surface area contributed by atoms with Crippen LogP contribution in [0.25, 0.3) is 6.08 Å². The van der Waals surface area contributed by atoms with E-state index in [1.807, 2.05) is 0 Å². The number of aromatic nitrogens is 2. The van der Waals surface area contributed by atoms with Gasteiger partial charge >= 0.3 is 0 Å². The van der Waals surface area contributed by atoms with Crippen LogP contribution in [0.4, 0.5) is 0 Å². The molecule has 0 spiro atoms. The van der Waals surface area contributed by atoms with E-state index in [-0.39, 0.29) is 30.2 Å². The molecule has 3 N–H and O–H groups in total. The Hall–Kier alpha value is -1.70. The molecule has 3 atom stereocenters. The van der Waals surface area contributed by atoms with Crippen LogP contribution in [0, 0.1) is 6.92 Å². The fourth-order valence-corrected chi connectivity index (χ4v) is 2.22. The molecule has 116 valence electrons. The Morgan fingerprint density at radius 2 is 2.33 bits per heavy atom. The first-order valence-corrected chi connectivity index (χ1v) is 6.90. The van der Waals surface area contributed by atoms with Crippen molar-refractivity contribution in [3.05, 3.63) is 33.7 Å². The van der Waals surface area contributed by atoms with Crippen LogP contribution in [-0.2, 0) is 4.74 Å². The molecule has 1 aliphatic rings. The summed E-state index contributed by atoms with van der Waals surface area (Å²) in [5.41, 5.74) is 0.0623. The molecule has 0 amide bonds. The van der Waals surface area contributed by atoms with Crippen LogP contribution in [0.5, 0.6) is 0 Å². The van der Waals surface area contributed by atoms with E-state index in [1.165, 1.54) is 6.08 Å². The molecule has 0 unspecified atom stereocenters. The van der Waals surface area contributed by atoms with Crippen molar-refractivity contribution in [1.82, 2.24) is 9.55 Å². The summed E-state index contributed by atoms with van der Waals surface area (Å²) in [7, 11) is 0. The maximum absolute atomic E-state index is 11.7. The van der Waals surface area contributed by atoms with Crippen molar-refractivity contribution in [2.24, 2.45) is 0 Å². The number of hydrogen-bond donors (Lipinski definition) is 3. The summed E-state index contributed by atoms with van der Waals surface area (Å²) in [4.78, 5) is 15.6. The van der Waals surface area contributed by atoms with Crippen LogP contribution < -0.4 is 5.56 Å². The number of hydrogen-bond acceptors (Lipinski definition) is 6. The number of allylic oxidation sites excluding steroid dienone is 1.